The molecular weight excluding hydrogens is 686 g/mol. The van der Waals surface area contributed by atoms with Crippen molar-refractivity contribution in [3.63, 3.8) is 0 Å². The molecule has 0 aromatic rings. The van der Waals surface area contributed by atoms with Crippen LogP contribution in [-0.4, -0.2) is 104 Å². The van der Waals surface area contributed by atoms with E-state index in [0.29, 0.717) is 0 Å². The zero-order valence-corrected chi connectivity index (χ0v) is 31.7. The molecule has 0 amide bonds. The van der Waals surface area contributed by atoms with Crippen LogP contribution in [0.2, 0.25) is 0 Å². The zero-order valence-electron chi connectivity index (χ0n) is 19.9. The van der Waals surface area contributed by atoms with Crippen molar-refractivity contribution in [3.05, 3.63) is 75.9 Å². The van der Waals surface area contributed by atoms with Gasteiger partial charge in [-0.05, 0) is 36.5 Å². The van der Waals surface area contributed by atoms with Gasteiger partial charge in [-0.25, -0.2) is 0 Å². The Bertz CT molecular complexity index is 304. The van der Waals surface area contributed by atoms with E-state index in [1.807, 2.05) is 0 Å². The summed E-state index contributed by atoms with van der Waals surface area (Å²) in [5, 5.41) is 93.6. The van der Waals surface area contributed by atoms with Gasteiger partial charge in [0.2, 0.25) is 0 Å². The van der Waals surface area contributed by atoms with Gasteiger partial charge in [0.25, 0.3) is 0 Å². The topological polar surface area (TPSA) is 274 Å². The van der Waals surface area contributed by atoms with Crippen molar-refractivity contribution in [2.24, 2.45) is 0 Å². The first-order chi connectivity index (χ1) is 13.6. The van der Waals surface area contributed by atoms with Gasteiger partial charge in [-0.1, -0.05) is 39.5 Å². The van der Waals surface area contributed by atoms with Crippen molar-refractivity contribution in [3.8, 4) is 0 Å². The quantitative estimate of drug-likeness (QED) is 0.0712. The van der Waals surface area contributed by atoms with E-state index in [9.17, 15) is 0 Å². The molecule has 0 fully saturated rings. The molecular formula is C18H38O13Zn4. The van der Waals surface area contributed by atoms with E-state index < -0.39 is 37.7 Å². The summed E-state index contributed by atoms with van der Waals surface area (Å²) in [4.78, 5) is 0. The summed E-state index contributed by atoms with van der Waals surface area (Å²) in [6.07, 6.45) is -1.94. The minimum absolute atomic E-state index is 0. The van der Waals surface area contributed by atoms with E-state index in [1.54, 1.807) is 0 Å². The molecule has 196 valence electrons. The Morgan fingerprint density at radius 2 is 0.314 bits per heavy atom. The molecule has 0 aromatic heterocycles. The Kier molecular flexibility index (Phi) is 130. The summed E-state index contributed by atoms with van der Waals surface area (Å²) in [5.41, 5.74) is 0. The van der Waals surface area contributed by atoms with E-state index in [4.69, 9.17) is 61.3 Å². The van der Waals surface area contributed by atoms with Gasteiger partial charge in [-0.2, -0.15) is 0 Å². The minimum Gasteiger partial charge on any atom is -0.412 e. The van der Waals surface area contributed by atoms with Crippen molar-refractivity contribution >= 4 is 0 Å². The van der Waals surface area contributed by atoms with Gasteiger partial charge in [0.1, 0.15) is 0 Å². The Balaban J connectivity index is -0.0000000213. The number of hydrogen-bond acceptors (Lipinski definition) is 12. The van der Waals surface area contributed by atoms with Crippen LogP contribution in [0.4, 0.5) is 0 Å². The monoisotopic (exact) mass is 718 g/mol. The van der Waals surface area contributed by atoms with Gasteiger partial charge in [-0.15, -0.1) is 0 Å². The Morgan fingerprint density at radius 3 is 0.314 bits per heavy atom. The van der Waals surface area contributed by atoms with Gasteiger partial charge in [0.05, 0.1) is 0 Å². The number of aliphatic hydroxyl groups excluding tert-OH is 6. The normalized spacial score (nSPS) is 7.37. The Hall–Kier alpha value is 0.414. The number of rotatable bonds is 6. The number of aliphatic hydroxyl groups is 12. The molecule has 0 aliphatic carbocycles. The van der Waals surface area contributed by atoms with E-state index >= 15 is 0 Å². The fraction of sp³-hybridized carbons (Fsp3) is 0.333. The molecule has 0 spiro atoms. The van der Waals surface area contributed by atoms with Crippen molar-refractivity contribution in [2.75, 3.05) is 0 Å². The van der Waals surface area contributed by atoms with Crippen LogP contribution in [0, 0.1) is 0 Å². The molecule has 14 N–H and O–H groups in total. The Morgan fingerprint density at radius 1 is 0.286 bits per heavy atom. The first-order valence-electron chi connectivity index (χ1n) is 7.55. The van der Waals surface area contributed by atoms with E-state index in [2.05, 4.69) is 39.5 Å². The summed E-state index contributed by atoms with van der Waals surface area (Å²) in [6, 6.07) is 0. The summed E-state index contributed by atoms with van der Waals surface area (Å²) < 4.78 is 0. The van der Waals surface area contributed by atoms with Crippen LogP contribution in [0.25, 0.3) is 0 Å². The number of hydrogen-bond donors (Lipinski definition) is 12. The molecule has 0 saturated heterocycles. The molecule has 13 nitrogen and oxygen atoms in total. The van der Waals surface area contributed by atoms with E-state index in [-0.39, 0.29) is 83.4 Å². The van der Waals surface area contributed by atoms with Crippen LogP contribution in [0.1, 0.15) is 0 Å². The first-order valence-corrected chi connectivity index (χ1v) is 7.55. The second-order valence-electron chi connectivity index (χ2n) is 3.90. The predicted molar refractivity (Wildman–Crippen MR) is 114 cm³/mol. The standard InChI is InChI=1S/6C3H6O2.H2O.4Zn/c6*1-2-3(4)5;;;;;/h6*2-5H,1H2;1H2;;;;. The van der Waals surface area contributed by atoms with Gasteiger partial charge in [0.15, 0.2) is 37.7 Å². The average Bonchev–Trinajstić information content (AvgIpc) is 2.69. The molecule has 0 atom stereocenters. The summed E-state index contributed by atoms with van der Waals surface area (Å²) in [7, 11) is 0. The van der Waals surface area contributed by atoms with E-state index in [0.717, 1.165) is 36.5 Å². The molecule has 17 heteroatoms. The molecule has 0 saturated carbocycles. The third kappa shape index (κ3) is 235. The largest absolute Gasteiger partial charge is 0.412 e. The van der Waals surface area contributed by atoms with E-state index in [1.165, 1.54) is 0 Å². The maximum absolute atomic E-state index is 7.80. The van der Waals surface area contributed by atoms with Crippen molar-refractivity contribution in [1.82, 2.24) is 0 Å². The molecule has 0 bridgehead atoms. The molecule has 0 aliphatic rings. The fourth-order valence-corrected chi connectivity index (χ4v) is 0. The van der Waals surface area contributed by atoms with Crippen molar-refractivity contribution < 1.29 is 145 Å². The van der Waals surface area contributed by atoms with Crippen LogP contribution in [0.3, 0.4) is 0 Å². The third-order valence-corrected chi connectivity index (χ3v) is 1.26. The molecule has 0 unspecified atom stereocenters. The van der Waals surface area contributed by atoms with Crippen LogP contribution < -0.4 is 0 Å². The van der Waals surface area contributed by atoms with Crippen molar-refractivity contribution in [2.45, 2.75) is 37.7 Å². The van der Waals surface area contributed by atoms with Crippen LogP contribution in [0.15, 0.2) is 75.9 Å². The van der Waals surface area contributed by atoms with Crippen LogP contribution in [-0.2, 0) is 77.9 Å². The zero-order chi connectivity index (χ0) is 25.7. The second-order valence-corrected chi connectivity index (χ2v) is 3.90. The summed E-state index contributed by atoms with van der Waals surface area (Å²) >= 11 is 0. The van der Waals surface area contributed by atoms with Crippen molar-refractivity contribution in [1.29, 1.82) is 0 Å². The first kappa shape index (κ1) is 70.4. The second kappa shape index (κ2) is 64.5. The van der Waals surface area contributed by atoms with Crippen LogP contribution in [0.5, 0.6) is 0 Å². The average molecular weight is 724 g/mol. The summed E-state index contributed by atoms with van der Waals surface area (Å²) in [5.74, 6) is 0. The third-order valence-electron chi connectivity index (χ3n) is 1.26. The maximum Gasteiger partial charge on any atom is 0.170 e. The van der Waals surface area contributed by atoms with Gasteiger partial charge >= 0.3 is 0 Å². The molecule has 35 heavy (non-hydrogen) atoms. The molecule has 0 heterocycles. The summed E-state index contributed by atoms with van der Waals surface area (Å²) in [6.45, 7) is 18.4. The smallest absolute Gasteiger partial charge is 0.170 e. The van der Waals surface area contributed by atoms with Gasteiger partial charge in [0, 0.05) is 77.9 Å². The SMILES string of the molecule is C=CC(O)O.C=CC(O)O.C=CC(O)O.C=CC(O)O.C=CC(O)O.C=CC(O)O.O.[Zn].[Zn].[Zn].[Zn]. The van der Waals surface area contributed by atoms with Gasteiger partial charge < -0.3 is 66.8 Å². The van der Waals surface area contributed by atoms with Gasteiger partial charge in [-0.3, -0.25) is 0 Å². The molecule has 0 radical (unpaired) electrons. The molecule has 0 rings (SSSR count). The minimum atomic E-state index is -1.35. The Labute approximate surface area is 256 Å². The maximum atomic E-state index is 7.80. The fourth-order valence-electron chi connectivity index (χ4n) is 0. The molecule has 0 aromatic carbocycles. The molecule has 0 aliphatic heterocycles. The predicted octanol–water partition coefficient (Wildman–Crippen LogP) is -3.94. The van der Waals surface area contributed by atoms with Crippen LogP contribution >= 0.6 is 0 Å².